The fourth-order valence-corrected chi connectivity index (χ4v) is 4.65. The number of aromatic nitrogens is 1. The maximum absolute atomic E-state index is 12.6. The minimum absolute atomic E-state index is 0.0458. The fourth-order valence-electron chi connectivity index (χ4n) is 4.03. The van der Waals surface area contributed by atoms with Crippen LogP contribution in [0.2, 0.25) is 0 Å². The zero-order valence-electron chi connectivity index (χ0n) is 16.2. The second-order valence-corrected chi connectivity index (χ2v) is 8.60. The number of hydrogen-bond acceptors (Lipinski definition) is 4. The number of nitrogens with one attached hydrogen (secondary N) is 1. The van der Waals surface area contributed by atoms with Crippen LogP contribution < -0.4 is 5.32 Å². The van der Waals surface area contributed by atoms with Gasteiger partial charge in [0.05, 0.1) is 10.7 Å². The van der Waals surface area contributed by atoms with E-state index < -0.39 is 0 Å². The molecule has 1 aromatic heterocycles. The van der Waals surface area contributed by atoms with E-state index in [0.29, 0.717) is 19.5 Å². The van der Waals surface area contributed by atoms with Crippen LogP contribution in [0, 0.1) is 6.92 Å². The van der Waals surface area contributed by atoms with Crippen LogP contribution in [0.1, 0.15) is 36.3 Å². The van der Waals surface area contributed by atoms with Crippen molar-refractivity contribution in [1.82, 2.24) is 20.1 Å². The summed E-state index contributed by atoms with van der Waals surface area (Å²) in [7, 11) is 0. The van der Waals surface area contributed by atoms with Gasteiger partial charge in [0, 0.05) is 49.6 Å². The van der Waals surface area contributed by atoms with Crippen molar-refractivity contribution in [3.8, 4) is 11.3 Å². The van der Waals surface area contributed by atoms with Gasteiger partial charge >= 0.3 is 6.03 Å². The van der Waals surface area contributed by atoms with E-state index in [9.17, 15) is 9.59 Å². The Morgan fingerprint density at radius 2 is 2.07 bits per heavy atom. The summed E-state index contributed by atoms with van der Waals surface area (Å²) in [6, 6.07) is 8.29. The smallest absolute Gasteiger partial charge is 0.317 e. The topological polar surface area (TPSA) is 65.5 Å². The highest BCUT2D eigenvalue weighted by Gasteiger charge is 2.32. The summed E-state index contributed by atoms with van der Waals surface area (Å²) < 4.78 is 0. The maximum atomic E-state index is 12.6. The second-order valence-electron chi connectivity index (χ2n) is 7.54. The molecule has 2 aromatic rings. The molecule has 0 bridgehead atoms. The van der Waals surface area contributed by atoms with Crippen LogP contribution in [0.4, 0.5) is 4.79 Å². The van der Waals surface area contributed by atoms with E-state index in [1.165, 1.54) is 0 Å². The molecule has 148 valence electrons. The predicted molar refractivity (Wildman–Crippen MR) is 110 cm³/mol. The van der Waals surface area contributed by atoms with Crippen molar-refractivity contribution in [2.24, 2.45) is 0 Å². The molecule has 1 atom stereocenters. The summed E-state index contributed by atoms with van der Waals surface area (Å²) in [5.74, 6) is 0.239. The van der Waals surface area contributed by atoms with Gasteiger partial charge in [-0.2, -0.15) is 0 Å². The van der Waals surface area contributed by atoms with Crippen LogP contribution in [-0.4, -0.2) is 52.4 Å². The molecule has 7 heteroatoms. The number of thiazole rings is 1. The molecule has 0 aliphatic carbocycles. The van der Waals surface area contributed by atoms with E-state index >= 15 is 0 Å². The highest BCUT2D eigenvalue weighted by Crippen LogP contribution is 2.23. The van der Waals surface area contributed by atoms with Crippen molar-refractivity contribution < 1.29 is 9.59 Å². The molecule has 1 aromatic carbocycles. The Balaban J connectivity index is 1.30. The molecule has 2 aliphatic rings. The zero-order chi connectivity index (χ0) is 19.5. The van der Waals surface area contributed by atoms with E-state index in [0.717, 1.165) is 54.2 Å². The molecule has 1 unspecified atom stereocenters. The lowest BCUT2D eigenvalue weighted by molar-refractivity contribution is -0.130. The Labute approximate surface area is 169 Å². The lowest BCUT2D eigenvalue weighted by Crippen LogP contribution is -2.52. The van der Waals surface area contributed by atoms with E-state index in [1.54, 1.807) is 11.3 Å². The molecule has 1 N–H and O–H groups in total. The lowest BCUT2D eigenvalue weighted by atomic mass is 10.0. The van der Waals surface area contributed by atoms with Gasteiger partial charge in [-0.25, -0.2) is 9.78 Å². The van der Waals surface area contributed by atoms with Crippen molar-refractivity contribution in [2.45, 2.75) is 45.2 Å². The standard InChI is InChI=1S/C21H26N4O2S/c1-15-23-19(14-28-15)17-8-6-16(7-9-17)12-22-21(27)24-10-2-4-18(13-24)25-11-3-5-20(25)26/h6-9,14,18H,2-5,10-13H2,1H3,(H,22,27). The van der Waals surface area contributed by atoms with Gasteiger partial charge in [-0.15, -0.1) is 11.3 Å². The van der Waals surface area contributed by atoms with Gasteiger partial charge in [0.25, 0.3) is 0 Å². The first-order chi connectivity index (χ1) is 13.6. The minimum Gasteiger partial charge on any atom is -0.338 e. The summed E-state index contributed by atoms with van der Waals surface area (Å²) in [6.45, 7) is 4.73. The molecule has 28 heavy (non-hydrogen) atoms. The first-order valence-electron chi connectivity index (χ1n) is 9.94. The molecule has 4 rings (SSSR count). The Morgan fingerprint density at radius 3 is 2.75 bits per heavy atom. The van der Waals surface area contributed by atoms with Gasteiger partial charge in [-0.3, -0.25) is 4.79 Å². The van der Waals surface area contributed by atoms with Gasteiger partial charge in [0.15, 0.2) is 0 Å². The summed E-state index contributed by atoms with van der Waals surface area (Å²) in [4.78, 5) is 32.9. The average molecular weight is 399 g/mol. The van der Waals surface area contributed by atoms with Crippen LogP contribution in [0.5, 0.6) is 0 Å². The lowest BCUT2D eigenvalue weighted by Gasteiger charge is -2.37. The third kappa shape index (κ3) is 4.19. The van der Waals surface area contributed by atoms with E-state index in [-0.39, 0.29) is 18.0 Å². The normalized spacial score (nSPS) is 19.9. The van der Waals surface area contributed by atoms with Gasteiger partial charge in [0.1, 0.15) is 0 Å². The molecule has 3 heterocycles. The molecule has 6 nitrogen and oxygen atoms in total. The average Bonchev–Trinajstić information content (AvgIpc) is 3.35. The summed E-state index contributed by atoms with van der Waals surface area (Å²) in [6.07, 6.45) is 3.54. The van der Waals surface area contributed by atoms with Crippen molar-refractivity contribution in [3.63, 3.8) is 0 Å². The summed E-state index contributed by atoms with van der Waals surface area (Å²) in [5, 5.41) is 6.14. The Morgan fingerprint density at radius 1 is 1.25 bits per heavy atom. The van der Waals surface area contributed by atoms with Gasteiger partial charge in [0.2, 0.25) is 5.91 Å². The van der Waals surface area contributed by atoms with E-state index in [1.807, 2.05) is 41.0 Å². The van der Waals surface area contributed by atoms with Crippen molar-refractivity contribution in [1.29, 1.82) is 0 Å². The van der Waals surface area contributed by atoms with Crippen LogP contribution in [0.3, 0.4) is 0 Å². The number of hydrogen-bond donors (Lipinski definition) is 1. The second kappa shape index (κ2) is 8.31. The molecular weight excluding hydrogens is 372 g/mol. The van der Waals surface area contributed by atoms with Crippen molar-refractivity contribution in [3.05, 3.63) is 40.2 Å². The van der Waals surface area contributed by atoms with Crippen LogP contribution in [-0.2, 0) is 11.3 Å². The third-order valence-corrected chi connectivity index (χ3v) is 6.32. The first kappa shape index (κ1) is 18.9. The monoisotopic (exact) mass is 398 g/mol. The maximum Gasteiger partial charge on any atom is 0.317 e. The number of amides is 3. The predicted octanol–water partition coefficient (Wildman–Crippen LogP) is 3.41. The molecule has 2 fully saturated rings. The number of likely N-dealkylation sites (tertiary alicyclic amines) is 2. The summed E-state index contributed by atoms with van der Waals surface area (Å²) >= 11 is 1.64. The van der Waals surface area contributed by atoms with Crippen LogP contribution in [0.25, 0.3) is 11.3 Å². The zero-order valence-corrected chi connectivity index (χ0v) is 17.0. The van der Waals surface area contributed by atoms with Crippen LogP contribution >= 0.6 is 11.3 Å². The number of carbonyl (C=O) groups excluding carboxylic acids is 2. The minimum atomic E-state index is -0.0458. The Hall–Kier alpha value is -2.41. The quantitative estimate of drug-likeness (QED) is 0.858. The molecule has 2 saturated heterocycles. The molecule has 0 saturated carbocycles. The van der Waals surface area contributed by atoms with Crippen molar-refractivity contribution in [2.75, 3.05) is 19.6 Å². The van der Waals surface area contributed by atoms with Gasteiger partial charge < -0.3 is 15.1 Å². The van der Waals surface area contributed by atoms with Gasteiger partial charge in [-0.05, 0) is 31.7 Å². The number of aryl methyl sites for hydroxylation is 1. The number of benzene rings is 1. The molecule has 0 spiro atoms. The number of nitrogens with zero attached hydrogens (tertiary/aromatic N) is 3. The number of carbonyl (C=O) groups is 2. The third-order valence-electron chi connectivity index (χ3n) is 5.55. The molecule has 3 amide bonds. The summed E-state index contributed by atoms with van der Waals surface area (Å²) in [5.41, 5.74) is 3.15. The first-order valence-corrected chi connectivity index (χ1v) is 10.8. The number of urea groups is 1. The highest BCUT2D eigenvalue weighted by atomic mass is 32.1. The fraction of sp³-hybridized carbons (Fsp3) is 0.476. The highest BCUT2D eigenvalue weighted by molar-refractivity contribution is 7.09. The van der Waals surface area contributed by atoms with E-state index in [4.69, 9.17) is 0 Å². The van der Waals surface area contributed by atoms with E-state index in [2.05, 4.69) is 15.7 Å². The molecular formula is C21H26N4O2S. The van der Waals surface area contributed by atoms with Crippen LogP contribution in [0.15, 0.2) is 29.6 Å². The van der Waals surface area contributed by atoms with Gasteiger partial charge in [-0.1, -0.05) is 24.3 Å². The van der Waals surface area contributed by atoms with Crippen molar-refractivity contribution >= 4 is 23.3 Å². The SMILES string of the molecule is Cc1nc(-c2ccc(CNC(=O)N3CCCC(N4CCCC4=O)C3)cc2)cs1. The Kier molecular flexibility index (Phi) is 5.62. The number of piperidine rings is 1. The Bertz CT molecular complexity index is 848. The number of rotatable bonds is 4. The molecule has 2 aliphatic heterocycles. The molecule has 0 radical (unpaired) electrons. The largest absolute Gasteiger partial charge is 0.338 e.